The predicted molar refractivity (Wildman–Crippen MR) is 116 cm³/mol. The Morgan fingerprint density at radius 1 is 1.21 bits per heavy atom. The fourth-order valence-corrected chi connectivity index (χ4v) is 3.66. The summed E-state index contributed by atoms with van der Waals surface area (Å²) < 4.78 is 0. The Morgan fingerprint density at radius 2 is 1.96 bits per heavy atom. The summed E-state index contributed by atoms with van der Waals surface area (Å²) in [5.41, 5.74) is 2.57. The number of pyridine rings is 1. The molecular formula is C21H26ClN3O2S. The van der Waals surface area contributed by atoms with Crippen LogP contribution in [0.25, 0.3) is 0 Å². The van der Waals surface area contributed by atoms with Crippen LogP contribution in [0.5, 0.6) is 0 Å². The largest absolute Gasteiger partial charge is 0.353 e. The first-order valence-electron chi connectivity index (χ1n) is 9.21. The first kappa shape index (κ1) is 22.2. The van der Waals surface area contributed by atoms with E-state index in [1.807, 2.05) is 51.1 Å². The average Bonchev–Trinajstić information content (AvgIpc) is 2.65. The maximum absolute atomic E-state index is 12.6. The van der Waals surface area contributed by atoms with E-state index in [1.54, 1.807) is 24.0 Å². The van der Waals surface area contributed by atoms with E-state index in [2.05, 4.69) is 15.6 Å². The Kier molecular flexibility index (Phi) is 8.80. The molecule has 150 valence electrons. The van der Waals surface area contributed by atoms with Crippen molar-refractivity contribution in [3.05, 3.63) is 64.4 Å². The number of nitrogens with zero attached hydrogens (tertiary/aromatic N) is 1. The molecule has 2 rings (SSSR count). The molecule has 1 aromatic heterocycles. The van der Waals surface area contributed by atoms with Crippen LogP contribution in [0.3, 0.4) is 0 Å². The molecule has 5 nitrogen and oxygen atoms in total. The molecule has 7 heteroatoms. The molecule has 0 bridgehead atoms. The number of hydrogen-bond acceptors (Lipinski definition) is 4. The number of carbonyl (C=O) groups excluding carboxylic acids is 2. The summed E-state index contributed by atoms with van der Waals surface area (Å²) in [6, 6.07) is 10.5. The molecule has 2 aromatic rings. The Bertz CT molecular complexity index is 814. The van der Waals surface area contributed by atoms with Crippen molar-refractivity contribution in [2.45, 2.75) is 32.6 Å². The van der Waals surface area contributed by atoms with E-state index >= 15 is 0 Å². The van der Waals surface area contributed by atoms with Gasteiger partial charge in [-0.15, -0.1) is 0 Å². The van der Waals surface area contributed by atoms with E-state index in [0.717, 1.165) is 22.6 Å². The van der Waals surface area contributed by atoms with Gasteiger partial charge in [0.1, 0.15) is 11.2 Å². The SMILES string of the molecule is Cc1ccccc1C(=O)N[C@H](C(=O)NCCSCc1ccnc(Cl)c1)C(C)C. The minimum atomic E-state index is -0.573. The summed E-state index contributed by atoms with van der Waals surface area (Å²) in [7, 11) is 0. The summed E-state index contributed by atoms with van der Waals surface area (Å²) >= 11 is 7.58. The van der Waals surface area contributed by atoms with Gasteiger partial charge in [-0.1, -0.05) is 43.6 Å². The number of rotatable bonds is 9. The van der Waals surface area contributed by atoms with Crippen LogP contribution in [0.15, 0.2) is 42.6 Å². The van der Waals surface area contributed by atoms with Crippen LogP contribution in [0, 0.1) is 12.8 Å². The lowest BCUT2D eigenvalue weighted by Crippen LogP contribution is -2.50. The van der Waals surface area contributed by atoms with Crippen molar-refractivity contribution in [3.63, 3.8) is 0 Å². The van der Waals surface area contributed by atoms with Gasteiger partial charge in [0.05, 0.1) is 0 Å². The van der Waals surface area contributed by atoms with Crippen molar-refractivity contribution in [1.29, 1.82) is 0 Å². The number of benzene rings is 1. The third-order valence-electron chi connectivity index (χ3n) is 4.23. The number of aryl methyl sites for hydroxylation is 1. The van der Waals surface area contributed by atoms with E-state index in [-0.39, 0.29) is 17.7 Å². The number of nitrogens with one attached hydrogen (secondary N) is 2. The van der Waals surface area contributed by atoms with Gasteiger partial charge < -0.3 is 10.6 Å². The Hall–Kier alpha value is -2.05. The summed E-state index contributed by atoms with van der Waals surface area (Å²) in [5, 5.41) is 6.27. The number of halogens is 1. The fraction of sp³-hybridized carbons (Fsp3) is 0.381. The zero-order chi connectivity index (χ0) is 20.5. The highest BCUT2D eigenvalue weighted by atomic mass is 35.5. The van der Waals surface area contributed by atoms with Crippen molar-refractivity contribution < 1.29 is 9.59 Å². The number of amides is 2. The summed E-state index contributed by atoms with van der Waals surface area (Å²) in [5.74, 6) is 1.16. The van der Waals surface area contributed by atoms with Crippen molar-refractivity contribution in [1.82, 2.24) is 15.6 Å². The molecule has 2 N–H and O–H groups in total. The second kappa shape index (κ2) is 11.1. The van der Waals surface area contributed by atoms with E-state index in [9.17, 15) is 9.59 Å². The lowest BCUT2D eigenvalue weighted by Gasteiger charge is -2.22. The molecule has 1 aromatic carbocycles. The third kappa shape index (κ3) is 6.84. The second-order valence-corrected chi connectivity index (χ2v) is 8.33. The Labute approximate surface area is 175 Å². The van der Waals surface area contributed by atoms with Crippen LogP contribution in [0.4, 0.5) is 0 Å². The number of thioether (sulfide) groups is 1. The van der Waals surface area contributed by atoms with Crippen LogP contribution in [0.1, 0.15) is 35.3 Å². The van der Waals surface area contributed by atoms with Crippen LogP contribution < -0.4 is 10.6 Å². The van der Waals surface area contributed by atoms with Crippen LogP contribution in [-0.2, 0) is 10.5 Å². The van der Waals surface area contributed by atoms with Gasteiger partial charge in [0, 0.05) is 29.8 Å². The molecular weight excluding hydrogens is 394 g/mol. The molecule has 0 aliphatic rings. The van der Waals surface area contributed by atoms with E-state index < -0.39 is 6.04 Å². The van der Waals surface area contributed by atoms with Crippen molar-refractivity contribution in [2.24, 2.45) is 5.92 Å². The van der Waals surface area contributed by atoms with Gasteiger partial charge in [-0.2, -0.15) is 11.8 Å². The fourth-order valence-electron chi connectivity index (χ4n) is 2.66. The Balaban J connectivity index is 1.80. The minimum absolute atomic E-state index is 0.0143. The molecule has 0 saturated heterocycles. The van der Waals surface area contributed by atoms with Gasteiger partial charge >= 0.3 is 0 Å². The molecule has 28 heavy (non-hydrogen) atoms. The summed E-state index contributed by atoms with van der Waals surface area (Å²) in [6.45, 7) is 6.26. The standard InChI is InChI=1S/C21H26ClN3O2S/c1-14(2)19(25-20(26)17-7-5-4-6-15(17)3)21(27)24-10-11-28-13-16-8-9-23-18(22)12-16/h4-9,12,14,19H,10-11,13H2,1-3H3,(H,24,27)(H,25,26)/t19-/m0/s1. The lowest BCUT2D eigenvalue weighted by atomic mass is 10.0. The number of hydrogen-bond donors (Lipinski definition) is 2. The first-order valence-corrected chi connectivity index (χ1v) is 10.7. The average molecular weight is 420 g/mol. The summed E-state index contributed by atoms with van der Waals surface area (Å²) in [4.78, 5) is 29.0. The maximum atomic E-state index is 12.6. The van der Waals surface area contributed by atoms with Crippen molar-refractivity contribution in [3.8, 4) is 0 Å². The smallest absolute Gasteiger partial charge is 0.252 e. The summed E-state index contributed by atoms with van der Waals surface area (Å²) in [6.07, 6.45) is 1.68. The molecule has 2 amide bonds. The van der Waals surface area contributed by atoms with Gasteiger partial charge in [-0.05, 0) is 42.2 Å². The van der Waals surface area contributed by atoms with E-state index in [1.165, 1.54) is 0 Å². The monoisotopic (exact) mass is 419 g/mol. The zero-order valence-electron chi connectivity index (χ0n) is 16.4. The van der Waals surface area contributed by atoms with E-state index in [0.29, 0.717) is 17.3 Å². The topological polar surface area (TPSA) is 71.1 Å². The minimum Gasteiger partial charge on any atom is -0.353 e. The van der Waals surface area contributed by atoms with E-state index in [4.69, 9.17) is 11.6 Å². The highest BCUT2D eigenvalue weighted by molar-refractivity contribution is 7.98. The number of carbonyl (C=O) groups is 2. The van der Waals surface area contributed by atoms with Crippen LogP contribution >= 0.6 is 23.4 Å². The molecule has 0 aliphatic carbocycles. The molecule has 0 fully saturated rings. The quantitative estimate of drug-likeness (QED) is 0.478. The molecule has 1 atom stereocenters. The molecule has 0 spiro atoms. The maximum Gasteiger partial charge on any atom is 0.252 e. The van der Waals surface area contributed by atoms with Gasteiger partial charge in [0.2, 0.25) is 5.91 Å². The Morgan fingerprint density at radius 3 is 2.64 bits per heavy atom. The van der Waals surface area contributed by atoms with Gasteiger partial charge in [-0.25, -0.2) is 4.98 Å². The first-order chi connectivity index (χ1) is 13.4. The third-order valence-corrected chi connectivity index (χ3v) is 5.47. The zero-order valence-corrected chi connectivity index (χ0v) is 17.9. The second-order valence-electron chi connectivity index (χ2n) is 6.84. The molecule has 0 aliphatic heterocycles. The molecule has 0 radical (unpaired) electrons. The normalized spacial score (nSPS) is 11.9. The molecule has 0 saturated carbocycles. The predicted octanol–water partition coefficient (Wildman–Crippen LogP) is 3.85. The molecule has 0 unspecified atom stereocenters. The number of aromatic nitrogens is 1. The van der Waals surface area contributed by atoms with Gasteiger partial charge in [0.15, 0.2) is 0 Å². The highest BCUT2D eigenvalue weighted by Gasteiger charge is 2.24. The lowest BCUT2D eigenvalue weighted by molar-refractivity contribution is -0.123. The van der Waals surface area contributed by atoms with Crippen molar-refractivity contribution in [2.75, 3.05) is 12.3 Å². The van der Waals surface area contributed by atoms with Gasteiger partial charge in [-0.3, -0.25) is 9.59 Å². The molecule has 1 heterocycles. The van der Waals surface area contributed by atoms with Crippen LogP contribution in [-0.4, -0.2) is 35.1 Å². The van der Waals surface area contributed by atoms with Gasteiger partial charge in [0.25, 0.3) is 5.91 Å². The van der Waals surface area contributed by atoms with Crippen LogP contribution in [0.2, 0.25) is 5.15 Å². The highest BCUT2D eigenvalue weighted by Crippen LogP contribution is 2.14. The van der Waals surface area contributed by atoms with Crippen molar-refractivity contribution >= 4 is 35.2 Å².